The van der Waals surface area contributed by atoms with Crippen molar-refractivity contribution in [3.8, 4) is 11.8 Å². The molecule has 0 saturated heterocycles. The fourth-order valence-corrected chi connectivity index (χ4v) is 5.40. The van der Waals surface area contributed by atoms with Gasteiger partial charge in [-0.3, -0.25) is 4.79 Å². The first-order valence-electron chi connectivity index (χ1n) is 8.40. The first kappa shape index (κ1) is 21.7. The molecule has 2 aromatic rings. The Morgan fingerprint density at radius 3 is 2.48 bits per heavy atom. The average Bonchev–Trinajstić information content (AvgIpc) is 2.72. The van der Waals surface area contributed by atoms with Crippen molar-refractivity contribution in [2.75, 3.05) is 13.4 Å². The summed E-state index contributed by atoms with van der Waals surface area (Å²) in [4.78, 5) is 13.5. The molecule has 2 N–H and O–H groups in total. The van der Waals surface area contributed by atoms with Gasteiger partial charge >= 0.3 is 0 Å². The third-order valence-electron chi connectivity index (χ3n) is 4.44. The Hall–Kier alpha value is -2.04. The third-order valence-corrected chi connectivity index (χ3v) is 7.19. The highest BCUT2D eigenvalue weighted by molar-refractivity contribution is 8.23. The molecule has 29 heavy (non-hydrogen) atoms. The Balaban J connectivity index is 2.20. The molecular formula is C21H16Cl2N2O2S2. The molecule has 0 aliphatic carbocycles. The third kappa shape index (κ3) is 4.29. The summed E-state index contributed by atoms with van der Waals surface area (Å²) in [6, 6.07) is 14.0. The number of ketones is 1. The van der Waals surface area contributed by atoms with E-state index in [4.69, 9.17) is 33.7 Å². The number of hydrogen-bond acceptors (Lipinski definition) is 6. The lowest BCUT2D eigenvalue weighted by molar-refractivity contribution is 0.102. The second kappa shape index (κ2) is 9.19. The molecule has 0 bridgehead atoms. The van der Waals surface area contributed by atoms with E-state index < -0.39 is 5.92 Å². The van der Waals surface area contributed by atoms with Crippen molar-refractivity contribution in [1.29, 1.82) is 5.26 Å². The Morgan fingerprint density at radius 2 is 1.93 bits per heavy atom. The summed E-state index contributed by atoms with van der Waals surface area (Å²) in [5, 5.41) is 11.0. The molecule has 0 saturated carbocycles. The zero-order chi connectivity index (χ0) is 21.1. The van der Waals surface area contributed by atoms with Crippen molar-refractivity contribution in [1.82, 2.24) is 0 Å². The maximum absolute atomic E-state index is 13.5. The topological polar surface area (TPSA) is 76.1 Å². The molecule has 0 fully saturated rings. The number of Topliss-reactive ketones (excluding diaryl/α,β-unsaturated/α-hetero) is 1. The second-order valence-electron chi connectivity index (χ2n) is 6.05. The molecule has 0 radical (unpaired) electrons. The van der Waals surface area contributed by atoms with Gasteiger partial charge in [0.05, 0.1) is 33.9 Å². The number of nitrogens with two attached hydrogens (primary N) is 1. The van der Waals surface area contributed by atoms with Crippen LogP contribution in [0.1, 0.15) is 21.8 Å². The molecule has 4 nitrogen and oxygen atoms in total. The number of carbonyl (C=O) groups is 1. The second-order valence-corrected chi connectivity index (χ2v) is 9.02. The lowest BCUT2D eigenvalue weighted by atomic mass is 9.82. The van der Waals surface area contributed by atoms with Gasteiger partial charge in [0.2, 0.25) is 0 Å². The van der Waals surface area contributed by atoms with Crippen LogP contribution in [0.4, 0.5) is 0 Å². The van der Waals surface area contributed by atoms with Crippen LogP contribution in [0.25, 0.3) is 0 Å². The number of hydrogen-bond donors (Lipinski definition) is 1. The normalized spacial score (nSPS) is 16.6. The molecule has 0 aromatic heterocycles. The summed E-state index contributed by atoms with van der Waals surface area (Å²) in [7, 11) is 1.56. The minimum Gasteiger partial charge on any atom is -0.497 e. The van der Waals surface area contributed by atoms with Crippen molar-refractivity contribution in [3.63, 3.8) is 0 Å². The molecule has 148 valence electrons. The lowest BCUT2D eigenvalue weighted by Gasteiger charge is -2.28. The molecule has 2 aromatic carbocycles. The van der Waals surface area contributed by atoms with E-state index in [1.807, 2.05) is 6.26 Å². The highest BCUT2D eigenvalue weighted by Gasteiger charge is 2.36. The molecule has 8 heteroatoms. The van der Waals surface area contributed by atoms with Gasteiger partial charge in [0.15, 0.2) is 5.78 Å². The van der Waals surface area contributed by atoms with E-state index in [1.165, 1.54) is 23.5 Å². The van der Waals surface area contributed by atoms with Gasteiger partial charge < -0.3 is 10.5 Å². The first-order valence-corrected chi connectivity index (χ1v) is 11.2. The van der Waals surface area contributed by atoms with Gasteiger partial charge in [0.25, 0.3) is 0 Å². The Bertz CT molecular complexity index is 1070. The molecule has 1 aliphatic rings. The van der Waals surface area contributed by atoms with Gasteiger partial charge in [-0.25, -0.2) is 0 Å². The van der Waals surface area contributed by atoms with Crippen molar-refractivity contribution >= 4 is 52.5 Å². The number of nitrogens with zero attached hydrogens (tertiary/aromatic N) is 1. The number of ether oxygens (including phenoxy) is 1. The SMILES string of the molecule is COc1ccc(C(=O)C2=C(SC)SC(N)=C(C#N)C2c2ccc(Cl)cc2Cl)cc1. The van der Waals surface area contributed by atoms with Crippen LogP contribution in [0, 0.1) is 11.3 Å². The molecule has 0 spiro atoms. The minimum atomic E-state index is -0.678. The number of allylic oxidation sites excluding steroid dienone is 2. The lowest BCUT2D eigenvalue weighted by Crippen LogP contribution is -2.21. The van der Waals surface area contributed by atoms with Crippen LogP contribution in [0.5, 0.6) is 5.75 Å². The predicted molar refractivity (Wildman–Crippen MR) is 121 cm³/mol. The summed E-state index contributed by atoms with van der Waals surface area (Å²) < 4.78 is 5.91. The first-order chi connectivity index (χ1) is 13.9. The predicted octanol–water partition coefficient (Wildman–Crippen LogP) is 5.98. The van der Waals surface area contributed by atoms with Crippen molar-refractivity contribution in [2.24, 2.45) is 5.73 Å². The monoisotopic (exact) mass is 462 g/mol. The molecule has 1 heterocycles. The van der Waals surface area contributed by atoms with Gasteiger partial charge in [-0.15, -0.1) is 11.8 Å². The van der Waals surface area contributed by atoms with Crippen LogP contribution in [0.15, 0.2) is 62.9 Å². The van der Waals surface area contributed by atoms with Gasteiger partial charge in [-0.1, -0.05) is 41.0 Å². The highest BCUT2D eigenvalue weighted by Crippen LogP contribution is 2.50. The molecular weight excluding hydrogens is 447 g/mol. The minimum absolute atomic E-state index is 0.194. The number of nitriles is 1. The molecule has 1 aliphatic heterocycles. The van der Waals surface area contributed by atoms with E-state index >= 15 is 0 Å². The maximum Gasteiger partial charge on any atom is 0.191 e. The fourth-order valence-electron chi connectivity index (χ4n) is 3.05. The van der Waals surface area contributed by atoms with Crippen LogP contribution in [0.2, 0.25) is 10.0 Å². The van der Waals surface area contributed by atoms with Gasteiger partial charge in [-0.2, -0.15) is 5.26 Å². The largest absolute Gasteiger partial charge is 0.497 e. The molecule has 1 atom stereocenters. The van der Waals surface area contributed by atoms with Gasteiger partial charge in [0, 0.05) is 21.2 Å². The van der Waals surface area contributed by atoms with E-state index in [2.05, 4.69) is 6.07 Å². The average molecular weight is 463 g/mol. The van der Waals surface area contributed by atoms with Crippen LogP contribution in [0.3, 0.4) is 0 Å². The summed E-state index contributed by atoms with van der Waals surface area (Å²) in [6.07, 6.45) is 1.87. The van der Waals surface area contributed by atoms with Crippen LogP contribution < -0.4 is 10.5 Å². The fraction of sp³-hybridized carbons (Fsp3) is 0.143. The van der Waals surface area contributed by atoms with Crippen molar-refractivity contribution in [3.05, 3.63) is 84.0 Å². The molecule has 0 amide bonds. The van der Waals surface area contributed by atoms with E-state index in [9.17, 15) is 10.1 Å². The summed E-state index contributed by atoms with van der Waals surface area (Å²) in [5.41, 5.74) is 8.05. The maximum atomic E-state index is 13.5. The quantitative estimate of drug-likeness (QED) is 0.550. The Morgan fingerprint density at radius 1 is 1.24 bits per heavy atom. The van der Waals surface area contributed by atoms with Crippen molar-refractivity contribution in [2.45, 2.75) is 5.92 Å². The smallest absolute Gasteiger partial charge is 0.191 e. The van der Waals surface area contributed by atoms with Gasteiger partial charge in [0.1, 0.15) is 5.75 Å². The standard InChI is InChI=1S/C21H16Cl2N2O2S2/c1-27-13-6-3-11(4-7-13)19(26)18-17(14-8-5-12(22)9-16(14)23)15(10-24)20(25)29-21(18)28-2/h3-9,17H,25H2,1-2H3. The van der Waals surface area contributed by atoms with E-state index in [1.54, 1.807) is 49.6 Å². The summed E-state index contributed by atoms with van der Waals surface area (Å²) in [6.45, 7) is 0. The number of methoxy groups -OCH3 is 1. The number of halogens is 2. The van der Waals surface area contributed by atoms with E-state index in [-0.39, 0.29) is 5.78 Å². The van der Waals surface area contributed by atoms with E-state index in [0.717, 1.165) is 4.24 Å². The number of rotatable bonds is 5. The Labute approximate surface area is 187 Å². The zero-order valence-corrected chi connectivity index (χ0v) is 18.7. The zero-order valence-electron chi connectivity index (χ0n) is 15.5. The van der Waals surface area contributed by atoms with E-state index in [0.29, 0.717) is 43.1 Å². The van der Waals surface area contributed by atoms with Gasteiger partial charge in [-0.05, 0) is 48.2 Å². The Kier molecular flexibility index (Phi) is 6.86. The highest BCUT2D eigenvalue weighted by atomic mass is 35.5. The summed E-state index contributed by atoms with van der Waals surface area (Å²) >= 11 is 15.1. The van der Waals surface area contributed by atoms with Crippen LogP contribution in [-0.4, -0.2) is 19.1 Å². The summed E-state index contributed by atoms with van der Waals surface area (Å²) in [5.74, 6) is -0.221. The molecule has 3 rings (SSSR count). The molecule has 1 unspecified atom stereocenters. The van der Waals surface area contributed by atoms with Crippen molar-refractivity contribution < 1.29 is 9.53 Å². The number of carbonyl (C=O) groups excluding carboxylic acids is 1. The number of thioether (sulfide) groups is 2. The van der Waals surface area contributed by atoms with Crippen LogP contribution >= 0.6 is 46.7 Å². The van der Waals surface area contributed by atoms with Crippen LogP contribution in [-0.2, 0) is 0 Å². The number of benzene rings is 2.